The van der Waals surface area contributed by atoms with Crippen LogP contribution in [-0.2, 0) is 19.1 Å². The van der Waals surface area contributed by atoms with Crippen LogP contribution < -0.4 is 0 Å². The lowest BCUT2D eigenvalue weighted by Crippen LogP contribution is -2.27. The van der Waals surface area contributed by atoms with Crippen molar-refractivity contribution in [1.29, 1.82) is 0 Å². The first-order chi connectivity index (χ1) is 6.17. The van der Waals surface area contributed by atoms with Gasteiger partial charge in [0.15, 0.2) is 5.92 Å². The van der Waals surface area contributed by atoms with E-state index in [2.05, 4.69) is 0 Å². The fraction of sp³-hybridized carbons (Fsp3) is 0.667. The minimum Gasteiger partial charge on any atom is -0.465 e. The van der Waals surface area contributed by atoms with Crippen molar-refractivity contribution in [1.82, 2.24) is 0 Å². The highest BCUT2D eigenvalue weighted by molar-refractivity contribution is 5.96. The number of hydrogen-bond donors (Lipinski definition) is 0. The molecule has 0 heterocycles. The Morgan fingerprint density at radius 3 is 1.77 bits per heavy atom. The molecule has 0 rings (SSSR count). The highest BCUT2D eigenvalue weighted by Gasteiger charge is 2.27. The monoisotopic (exact) mass is 187 g/mol. The Morgan fingerprint density at radius 2 is 1.54 bits per heavy atom. The second-order valence-electron chi connectivity index (χ2n) is 2.32. The zero-order valence-corrected chi connectivity index (χ0v) is 8.20. The van der Waals surface area contributed by atoms with E-state index in [4.69, 9.17) is 9.47 Å². The molecule has 13 heavy (non-hydrogen) atoms. The molecule has 0 aromatic rings. The molecule has 0 aromatic heterocycles. The van der Waals surface area contributed by atoms with E-state index in [0.717, 1.165) is 0 Å². The van der Waals surface area contributed by atoms with Crippen LogP contribution in [0, 0.1) is 12.3 Å². The topological polar surface area (TPSA) is 52.6 Å². The minimum atomic E-state index is -0.889. The maximum absolute atomic E-state index is 11.1. The van der Waals surface area contributed by atoms with Gasteiger partial charge in [0, 0.05) is 0 Å². The Hall–Kier alpha value is -1.06. The SMILES string of the molecule is C[CH]C(C(=O)OCC)C(=O)OCC. The summed E-state index contributed by atoms with van der Waals surface area (Å²) in [6.45, 7) is 5.54. The van der Waals surface area contributed by atoms with Crippen LogP contribution in [0.1, 0.15) is 20.8 Å². The molecule has 0 unspecified atom stereocenters. The molecule has 4 heteroatoms. The average molecular weight is 187 g/mol. The zero-order chi connectivity index (χ0) is 10.3. The molecule has 1 radical (unpaired) electrons. The molecule has 0 aromatic carbocycles. The average Bonchev–Trinajstić information content (AvgIpc) is 2.06. The van der Waals surface area contributed by atoms with Gasteiger partial charge in [0.25, 0.3) is 0 Å². The third kappa shape index (κ3) is 3.92. The first kappa shape index (κ1) is 11.9. The normalized spacial score (nSPS) is 9.85. The van der Waals surface area contributed by atoms with Crippen LogP contribution in [0.3, 0.4) is 0 Å². The Bertz CT molecular complexity index is 158. The summed E-state index contributed by atoms with van der Waals surface area (Å²) >= 11 is 0. The Balaban J connectivity index is 4.15. The van der Waals surface area contributed by atoms with Crippen LogP contribution in [0.4, 0.5) is 0 Å². The van der Waals surface area contributed by atoms with E-state index >= 15 is 0 Å². The smallest absolute Gasteiger partial charge is 0.320 e. The number of rotatable bonds is 5. The predicted molar refractivity (Wildman–Crippen MR) is 46.7 cm³/mol. The van der Waals surface area contributed by atoms with Crippen molar-refractivity contribution in [3.63, 3.8) is 0 Å². The predicted octanol–water partition coefficient (Wildman–Crippen LogP) is 0.953. The van der Waals surface area contributed by atoms with Crippen molar-refractivity contribution < 1.29 is 19.1 Å². The molecule has 0 atom stereocenters. The van der Waals surface area contributed by atoms with Gasteiger partial charge in [0.2, 0.25) is 0 Å². The Morgan fingerprint density at radius 1 is 1.15 bits per heavy atom. The summed E-state index contributed by atoms with van der Waals surface area (Å²) < 4.78 is 9.38. The largest absolute Gasteiger partial charge is 0.465 e. The second-order valence-corrected chi connectivity index (χ2v) is 2.32. The number of carbonyl (C=O) groups excluding carboxylic acids is 2. The summed E-state index contributed by atoms with van der Waals surface area (Å²) in [4.78, 5) is 22.3. The van der Waals surface area contributed by atoms with Crippen LogP contribution in [0.2, 0.25) is 0 Å². The van der Waals surface area contributed by atoms with Crippen LogP contribution in [-0.4, -0.2) is 25.2 Å². The standard InChI is InChI=1S/C9H15O4/c1-4-7(8(10)12-5-2)9(11)13-6-3/h4,7H,5-6H2,1-3H3. The highest BCUT2D eigenvalue weighted by Crippen LogP contribution is 2.06. The molecule has 0 aliphatic heterocycles. The number of hydrogen-bond acceptors (Lipinski definition) is 4. The van der Waals surface area contributed by atoms with Crippen molar-refractivity contribution >= 4 is 11.9 Å². The summed E-state index contributed by atoms with van der Waals surface area (Å²) in [5.41, 5.74) is 0. The molecule has 0 aliphatic carbocycles. The van der Waals surface area contributed by atoms with E-state index in [1.165, 1.54) is 6.42 Å². The minimum absolute atomic E-state index is 0.266. The van der Waals surface area contributed by atoms with E-state index in [0.29, 0.717) is 0 Å². The first-order valence-electron chi connectivity index (χ1n) is 4.30. The molecule has 0 bridgehead atoms. The fourth-order valence-electron chi connectivity index (χ4n) is 0.832. The van der Waals surface area contributed by atoms with Gasteiger partial charge in [-0.15, -0.1) is 0 Å². The van der Waals surface area contributed by atoms with Crippen LogP contribution in [0.25, 0.3) is 0 Å². The Labute approximate surface area is 78.2 Å². The molecule has 0 fully saturated rings. The van der Waals surface area contributed by atoms with Gasteiger partial charge in [-0.25, -0.2) is 0 Å². The van der Waals surface area contributed by atoms with Gasteiger partial charge in [-0.1, -0.05) is 6.92 Å². The van der Waals surface area contributed by atoms with Crippen LogP contribution >= 0.6 is 0 Å². The fourth-order valence-corrected chi connectivity index (χ4v) is 0.832. The highest BCUT2D eigenvalue weighted by atomic mass is 16.6. The van der Waals surface area contributed by atoms with Crippen molar-refractivity contribution in [2.24, 2.45) is 5.92 Å². The summed E-state index contributed by atoms with van der Waals surface area (Å²) in [5.74, 6) is -1.99. The molecule has 0 aliphatic rings. The summed E-state index contributed by atoms with van der Waals surface area (Å²) in [5, 5.41) is 0. The molecular formula is C9H15O4. The van der Waals surface area contributed by atoms with Crippen LogP contribution in [0.15, 0.2) is 0 Å². The van der Waals surface area contributed by atoms with Gasteiger partial charge in [-0.2, -0.15) is 0 Å². The molecule has 0 saturated heterocycles. The van der Waals surface area contributed by atoms with Gasteiger partial charge in [0.1, 0.15) is 0 Å². The number of ether oxygens (including phenoxy) is 2. The molecule has 0 amide bonds. The molecule has 4 nitrogen and oxygen atoms in total. The number of esters is 2. The molecule has 0 saturated carbocycles. The first-order valence-corrected chi connectivity index (χ1v) is 4.30. The molecule has 0 N–H and O–H groups in total. The molecular weight excluding hydrogens is 172 g/mol. The molecule has 0 spiro atoms. The van der Waals surface area contributed by atoms with Gasteiger partial charge in [-0.05, 0) is 20.3 Å². The van der Waals surface area contributed by atoms with Crippen molar-refractivity contribution in [3.05, 3.63) is 6.42 Å². The van der Waals surface area contributed by atoms with Crippen LogP contribution in [0.5, 0.6) is 0 Å². The van der Waals surface area contributed by atoms with Gasteiger partial charge < -0.3 is 9.47 Å². The number of carbonyl (C=O) groups is 2. The quantitative estimate of drug-likeness (QED) is 0.475. The Kier molecular flexibility index (Phi) is 5.93. The third-order valence-corrected chi connectivity index (χ3v) is 1.41. The van der Waals surface area contributed by atoms with E-state index in [9.17, 15) is 9.59 Å². The summed E-state index contributed by atoms with van der Waals surface area (Å²) in [7, 11) is 0. The molecule has 75 valence electrons. The van der Waals surface area contributed by atoms with Crippen molar-refractivity contribution in [2.75, 3.05) is 13.2 Å². The van der Waals surface area contributed by atoms with Crippen molar-refractivity contribution in [3.8, 4) is 0 Å². The lowest BCUT2D eigenvalue weighted by molar-refractivity contribution is -0.159. The maximum Gasteiger partial charge on any atom is 0.320 e. The summed E-state index contributed by atoms with van der Waals surface area (Å²) in [6.07, 6.45) is 1.47. The van der Waals surface area contributed by atoms with E-state index < -0.39 is 17.9 Å². The van der Waals surface area contributed by atoms with Gasteiger partial charge in [-0.3, -0.25) is 9.59 Å². The van der Waals surface area contributed by atoms with E-state index in [-0.39, 0.29) is 13.2 Å². The lowest BCUT2D eigenvalue weighted by Gasteiger charge is -2.11. The van der Waals surface area contributed by atoms with Gasteiger partial charge >= 0.3 is 11.9 Å². The van der Waals surface area contributed by atoms with Crippen molar-refractivity contribution in [2.45, 2.75) is 20.8 Å². The maximum atomic E-state index is 11.1. The zero-order valence-electron chi connectivity index (χ0n) is 8.20. The van der Waals surface area contributed by atoms with E-state index in [1.54, 1.807) is 20.8 Å². The van der Waals surface area contributed by atoms with E-state index in [1.807, 2.05) is 0 Å². The third-order valence-electron chi connectivity index (χ3n) is 1.41. The van der Waals surface area contributed by atoms with Gasteiger partial charge in [0.05, 0.1) is 13.2 Å². The lowest BCUT2D eigenvalue weighted by atomic mass is 10.1. The summed E-state index contributed by atoms with van der Waals surface area (Å²) in [6, 6.07) is 0. The second kappa shape index (κ2) is 6.46.